The number of aromatic nitrogens is 1. The number of nitrogens with zero attached hydrogens (tertiary/aromatic N) is 1. The Morgan fingerprint density at radius 1 is 0.449 bits per heavy atom. The molecule has 0 saturated carbocycles. The molecule has 3 N–H and O–H groups in total. The number of hydrogen-bond donors (Lipinski definition) is 3. The van der Waals surface area contributed by atoms with E-state index in [1.54, 1.807) is 19.3 Å². The van der Waals surface area contributed by atoms with E-state index in [1.807, 2.05) is 49.4 Å². The fourth-order valence-electron chi connectivity index (χ4n) is 5.89. The van der Waals surface area contributed by atoms with Gasteiger partial charge in [-0.3, -0.25) is 14.6 Å². The van der Waals surface area contributed by atoms with Crippen LogP contribution in [0, 0.1) is 11.8 Å². The van der Waals surface area contributed by atoms with Gasteiger partial charge in [0.1, 0.15) is 19.3 Å². The molecule has 2 atom stereocenters. The topological polar surface area (TPSA) is 179 Å². The molecule has 0 saturated heterocycles. The molecule has 1 heterocycles. The molecule has 78 heavy (non-hydrogen) atoms. The highest BCUT2D eigenvalue weighted by molar-refractivity contribution is 5.76. The normalized spacial score (nSPS) is 13.1. The monoisotopic (exact) mass is 1110 g/mol. The second kappa shape index (κ2) is 54.3. The number of aliphatic hydroxyl groups excluding tert-OH is 3. The van der Waals surface area contributed by atoms with Crippen molar-refractivity contribution in [1.82, 2.24) is 4.98 Å². The number of rotatable bonds is 36. The molecular formula is C60H87F6NO11. The van der Waals surface area contributed by atoms with Crippen LogP contribution in [0.3, 0.4) is 0 Å². The lowest BCUT2D eigenvalue weighted by atomic mass is 10.0. The van der Waals surface area contributed by atoms with E-state index in [1.165, 1.54) is 0 Å². The number of pyridine rings is 1. The Morgan fingerprint density at radius 3 is 0.962 bits per heavy atom. The summed E-state index contributed by atoms with van der Waals surface area (Å²) in [7, 11) is 1.00. The van der Waals surface area contributed by atoms with Crippen LogP contribution < -0.4 is 0 Å². The molecule has 2 unspecified atom stereocenters. The molecule has 0 aromatic carbocycles. The molecule has 0 fully saturated rings. The number of ether oxygens (including phenoxy) is 4. The molecule has 0 radical (unpaired) electrons. The zero-order valence-corrected chi connectivity index (χ0v) is 46.2. The molecule has 440 valence electrons. The summed E-state index contributed by atoms with van der Waals surface area (Å²) in [6.45, 7) is 4.61. The predicted molar refractivity (Wildman–Crippen MR) is 295 cm³/mol. The van der Waals surface area contributed by atoms with Crippen LogP contribution in [0.1, 0.15) is 130 Å². The SMILES string of the molecule is CC/C=C\C/C=C\C/C=C\C/C=C\C/C=C\CCC(CC)C(=O)OC(CO)CO.CC/C=C\C/C=C\C/C=C\C/C=C\C/C=C\CCC(CC)C(=O)OC(COC(=O)C(F)(F)F)COC(=O)C(F)(F)F.CO.c1ccncc1. The van der Waals surface area contributed by atoms with Crippen LogP contribution in [0.4, 0.5) is 26.3 Å². The highest BCUT2D eigenvalue weighted by atomic mass is 19.4. The van der Waals surface area contributed by atoms with Crippen LogP contribution in [0.25, 0.3) is 0 Å². The van der Waals surface area contributed by atoms with Crippen LogP contribution in [0.15, 0.2) is 152 Å². The zero-order valence-electron chi connectivity index (χ0n) is 46.2. The van der Waals surface area contributed by atoms with E-state index in [2.05, 4.69) is 126 Å². The van der Waals surface area contributed by atoms with Crippen molar-refractivity contribution in [2.45, 2.75) is 155 Å². The molecule has 1 aromatic rings. The highest BCUT2D eigenvalue weighted by Crippen LogP contribution is 2.21. The third-order valence-corrected chi connectivity index (χ3v) is 10.1. The Hall–Kier alpha value is -6.11. The summed E-state index contributed by atoms with van der Waals surface area (Å²) in [6.07, 6.45) is 44.4. The van der Waals surface area contributed by atoms with Gasteiger partial charge in [0.25, 0.3) is 0 Å². The zero-order chi connectivity index (χ0) is 59.0. The summed E-state index contributed by atoms with van der Waals surface area (Å²) in [4.78, 5) is 50.1. The van der Waals surface area contributed by atoms with E-state index < -0.39 is 61.6 Å². The lowest BCUT2D eigenvalue weighted by molar-refractivity contribution is -0.210. The maximum atomic E-state index is 12.5. The third-order valence-electron chi connectivity index (χ3n) is 10.1. The lowest BCUT2D eigenvalue weighted by Crippen LogP contribution is -2.37. The van der Waals surface area contributed by atoms with Crippen molar-refractivity contribution < 1.29 is 79.8 Å². The number of carbonyl (C=O) groups excluding carboxylic acids is 4. The summed E-state index contributed by atoms with van der Waals surface area (Å²) in [5.74, 6) is -7.48. The minimum Gasteiger partial charge on any atom is -0.457 e. The summed E-state index contributed by atoms with van der Waals surface area (Å²) < 4.78 is 92.1. The summed E-state index contributed by atoms with van der Waals surface area (Å²) in [5, 5.41) is 25.0. The number of carbonyl (C=O) groups is 4. The van der Waals surface area contributed by atoms with Gasteiger partial charge >= 0.3 is 36.2 Å². The van der Waals surface area contributed by atoms with Crippen molar-refractivity contribution in [3.05, 3.63) is 152 Å². The first-order valence-electron chi connectivity index (χ1n) is 26.4. The molecule has 0 aliphatic rings. The average Bonchev–Trinajstić information content (AvgIpc) is 3.43. The van der Waals surface area contributed by atoms with E-state index in [-0.39, 0.29) is 37.9 Å². The van der Waals surface area contributed by atoms with Crippen molar-refractivity contribution in [3.63, 3.8) is 0 Å². The Labute approximate surface area is 459 Å². The van der Waals surface area contributed by atoms with Crippen molar-refractivity contribution >= 4 is 23.9 Å². The minimum absolute atomic E-state index is 0.197. The van der Waals surface area contributed by atoms with E-state index in [0.717, 1.165) is 71.3 Å². The molecular weight excluding hydrogens is 1020 g/mol. The Balaban J connectivity index is -0.00000131. The van der Waals surface area contributed by atoms with E-state index in [4.69, 9.17) is 24.8 Å². The number of allylic oxidation sites excluding steroid dienone is 20. The first-order valence-corrected chi connectivity index (χ1v) is 26.4. The minimum atomic E-state index is -5.37. The van der Waals surface area contributed by atoms with Gasteiger partial charge in [-0.1, -0.05) is 155 Å². The maximum Gasteiger partial charge on any atom is 0.490 e. The van der Waals surface area contributed by atoms with Crippen molar-refractivity contribution in [2.24, 2.45) is 11.8 Å². The van der Waals surface area contributed by atoms with Crippen LogP contribution in [-0.2, 0) is 38.1 Å². The molecule has 0 amide bonds. The van der Waals surface area contributed by atoms with E-state index >= 15 is 0 Å². The van der Waals surface area contributed by atoms with Gasteiger partial charge in [0.2, 0.25) is 0 Å². The number of aliphatic hydroxyl groups is 3. The van der Waals surface area contributed by atoms with Crippen LogP contribution in [-0.4, -0.2) is 102 Å². The molecule has 0 bridgehead atoms. The standard InChI is InChI=1S/C29H38F6O6.C25H40O4.C5H5N.CH4O/c1-3-5-6-7-8-9-10-11-12-13-14-15-16-17-18-19-20-23(4-2)25(36)41-24(21-39-26(37)28(30,31)32)22-40-27(38)29(33,34)35;1-3-5-6-7-8-9-10-11-12-13-14-15-16-17-18-19-20-23(4-2)25(28)29-24(21-26)22-27;1-2-4-6-5-3-1;1-2/h5-6,8-9,11-12,14-15,17-18,23-24H,3-4,7,10,13,16,19-22H2,1-2H3;5-6,8-9,11-12,14-15,17-18,23-24,26-27H,3-4,7,10,13,16,19-22H2,1-2H3;1-5H;2H,1H3/b2*6-5-,9-8-,12-11-,15-14-,18-17-;;. The van der Waals surface area contributed by atoms with Gasteiger partial charge in [0.05, 0.1) is 25.0 Å². The Kier molecular flexibility index (Phi) is 52.9. The van der Waals surface area contributed by atoms with Gasteiger partial charge in [0.15, 0.2) is 6.10 Å². The van der Waals surface area contributed by atoms with E-state index in [9.17, 15) is 45.5 Å². The van der Waals surface area contributed by atoms with Crippen LogP contribution >= 0.6 is 0 Å². The predicted octanol–water partition coefficient (Wildman–Crippen LogP) is 13.8. The fourth-order valence-corrected chi connectivity index (χ4v) is 5.89. The van der Waals surface area contributed by atoms with Crippen molar-refractivity contribution in [1.29, 1.82) is 0 Å². The van der Waals surface area contributed by atoms with Gasteiger partial charge in [0, 0.05) is 19.5 Å². The number of halogens is 6. The summed E-state index contributed by atoms with van der Waals surface area (Å²) in [6, 6.07) is 5.72. The molecule has 0 aliphatic carbocycles. The highest BCUT2D eigenvalue weighted by Gasteiger charge is 2.43. The molecule has 12 nitrogen and oxygen atoms in total. The van der Waals surface area contributed by atoms with Gasteiger partial charge < -0.3 is 34.3 Å². The van der Waals surface area contributed by atoms with Gasteiger partial charge in [-0.2, -0.15) is 26.3 Å². The van der Waals surface area contributed by atoms with Gasteiger partial charge in [-0.25, -0.2) is 9.59 Å². The quantitative estimate of drug-likeness (QED) is 0.0251. The van der Waals surface area contributed by atoms with Crippen LogP contribution in [0.2, 0.25) is 0 Å². The summed E-state index contributed by atoms with van der Waals surface area (Å²) >= 11 is 0. The first kappa shape index (κ1) is 76.1. The fraction of sp³-hybridized carbons (Fsp3) is 0.517. The van der Waals surface area contributed by atoms with Crippen LogP contribution in [0.5, 0.6) is 0 Å². The number of esters is 4. The number of alkyl halides is 6. The molecule has 1 aromatic heterocycles. The Morgan fingerprint density at radius 2 is 0.731 bits per heavy atom. The summed E-state index contributed by atoms with van der Waals surface area (Å²) in [5.41, 5.74) is 0. The van der Waals surface area contributed by atoms with E-state index in [0.29, 0.717) is 25.7 Å². The number of hydrogen-bond acceptors (Lipinski definition) is 12. The second-order valence-electron chi connectivity index (χ2n) is 16.5. The third kappa shape index (κ3) is 49.5. The molecule has 1 rings (SSSR count). The molecule has 0 aliphatic heterocycles. The molecule has 0 spiro atoms. The van der Waals surface area contributed by atoms with Crippen molar-refractivity contribution in [2.75, 3.05) is 33.5 Å². The Bertz CT molecular complexity index is 1880. The largest absolute Gasteiger partial charge is 0.490 e. The van der Waals surface area contributed by atoms with Gasteiger partial charge in [-0.05, 0) is 115 Å². The maximum absolute atomic E-state index is 12.5. The smallest absolute Gasteiger partial charge is 0.457 e. The first-order chi connectivity index (χ1) is 37.5. The molecule has 18 heteroatoms. The average molecular weight is 1110 g/mol. The van der Waals surface area contributed by atoms with Crippen molar-refractivity contribution in [3.8, 4) is 0 Å². The van der Waals surface area contributed by atoms with Gasteiger partial charge in [-0.15, -0.1) is 0 Å². The lowest BCUT2D eigenvalue weighted by Gasteiger charge is -2.21. The second-order valence-corrected chi connectivity index (χ2v) is 16.5.